The Morgan fingerprint density at radius 1 is 1.07 bits per heavy atom. The number of nitriles is 1. The van der Waals surface area contributed by atoms with Crippen molar-refractivity contribution >= 4 is 5.97 Å². The van der Waals surface area contributed by atoms with E-state index < -0.39 is 64.9 Å². The van der Waals surface area contributed by atoms with Crippen LogP contribution in [0.15, 0.2) is 12.2 Å². The van der Waals surface area contributed by atoms with Crippen LogP contribution in [0.2, 0.25) is 0 Å². The molecule has 0 amide bonds. The molecule has 1 aromatic carbocycles. The zero-order valence-electron chi connectivity index (χ0n) is 17.0. The molecule has 0 bridgehead atoms. The second kappa shape index (κ2) is 11.0. The maximum Gasteiger partial charge on any atom is 0.313 e. The van der Waals surface area contributed by atoms with Crippen LogP contribution in [0.3, 0.4) is 0 Å². The largest absolute Gasteiger partial charge is 0.460 e. The van der Waals surface area contributed by atoms with Gasteiger partial charge in [0.15, 0.2) is 23.3 Å². The van der Waals surface area contributed by atoms with Gasteiger partial charge in [0, 0.05) is 13.5 Å². The van der Waals surface area contributed by atoms with E-state index in [4.69, 9.17) is 10.00 Å². The minimum atomic E-state index is -1.62. The van der Waals surface area contributed by atoms with Gasteiger partial charge in [0.05, 0.1) is 29.7 Å². The molecule has 0 heterocycles. The third kappa shape index (κ3) is 6.57. The van der Waals surface area contributed by atoms with E-state index in [9.17, 15) is 22.4 Å². The van der Waals surface area contributed by atoms with Gasteiger partial charge < -0.3 is 9.47 Å². The highest BCUT2D eigenvalue weighted by molar-refractivity contribution is 5.75. The van der Waals surface area contributed by atoms with Gasteiger partial charge >= 0.3 is 5.97 Å². The summed E-state index contributed by atoms with van der Waals surface area (Å²) < 4.78 is 65.8. The van der Waals surface area contributed by atoms with Gasteiger partial charge in [0.25, 0.3) is 0 Å². The Hall–Kier alpha value is -2.40. The van der Waals surface area contributed by atoms with E-state index in [0.29, 0.717) is 19.3 Å². The Labute approximate surface area is 168 Å². The van der Waals surface area contributed by atoms with Crippen LogP contribution in [0.1, 0.15) is 51.2 Å². The molecule has 8 heteroatoms. The smallest absolute Gasteiger partial charge is 0.313 e. The van der Waals surface area contributed by atoms with Crippen molar-refractivity contribution in [1.29, 1.82) is 5.26 Å². The molecule has 0 spiro atoms. The summed E-state index contributed by atoms with van der Waals surface area (Å²) in [7, 11) is 1.13. The summed E-state index contributed by atoms with van der Waals surface area (Å²) in [6.45, 7) is 3.73. The van der Waals surface area contributed by atoms with Crippen LogP contribution in [-0.2, 0) is 27.5 Å². The monoisotopic (exact) mass is 415 g/mol. The van der Waals surface area contributed by atoms with E-state index in [-0.39, 0.29) is 0 Å². The fourth-order valence-corrected chi connectivity index (χ4v) is 2.61. The van der Waals surface area contributed by atoms with Gasteiger partial charge in [0.1, 0.15) is 6.61 Å². The van der Waals surface area contributed by atoms with Gasteiger partial charge in [-0.2, -0.15) is 5.26 Å². The van der Waals surface area contributed by atoms with Crippen molar-refractivity contribution in [2.75, 3.05) is 7.11 Å². The summed E-state index contributed by atoms with van der Waals surface area (Å²) in [4.78, 5) is 12.5. The fourth-order valence-electron chi connectivity index (χ4n) is 2.61. The number of hydrogen-bond donors (Lipinski definition) is 0. The molecule has 1 rings (SSSR count). The predicted molar refractivity (Wildman–Crippen MR) is 98.3 cm³/mol. The van der Waals surface area contributed by atoms with Crippen LogP contribution in [0.5, 0.6) is 0 Å². The lowest BCUT2D eigenvalue weighted by atomic mass is 9.80. The second-order valence-electron chi connectivity index (χ2n) is 7.58. The van der Waals surface area contributed by atoms with Gasteiger partial charge in [-0.1, -0.05) is 32.9 Å². The highest BCUT2D eigenvalue weighted by Crippen LogP contribution is 2.30. The van der Waals surface area contributed by atoms with Crippen molar-refractivity contribution < 1.29 is 31.8 Å². The molecule has 1 aromatic rings. The Morgan fingerprint density at radius 3 is 2.03 bits per heavy atom. The molecule has 0 saturated carbocycles. The minimum absolute atomic E-state index is 0.379. The van der Waals surface area contributed by atoms with Crippen molar-refractivity contribution in [3.8, 4) is 6.07 Å². The van der Waals surface area contributed by atoms with Gasteiger partial charge in [-0.15, -0.1) is 0 Å². The van der Waals surface area contributed by atoms with Crippen LogP contribution in [0.25, 0.3) is 0 Å². The molecule has 0 radical (unpaired) electrons. The zero-order valence-corrected chi connectivity index (χ0v) is 17.0. The van der Waals surface area contributed by atoms with Gasteiger partial charge in [-0.3, -0.25) is 4.79 Å². The number of esters is 1. The van der Waals surface area contributed by atoms with Gasteiger partial charge in [-0.05, 0) is 18.3 Å². The SMILES string of the molecule is COCc1c(F)c(F)c(COC(=O)C(C=CCCCC#N)C(C)(C)C)c(F)c1F. The molecule has 0 aliphatic heterocycles. The van der Waals surface area contributed by atoms with Crippen LogP contribution in [0, 0.1) is 45.9 Å². The lowest BCUT2D eigenvalue weighted by Crippen LogP contribution is -2.29. The van der Waals surface area contributed by atoms with E-state index in [0.717, 1.165) is 7.11 Å². The maximum atomic E-state index is 14.2. The molecule has 0 aliphatic carbocycles. The Balaban J connectivity index is 3.00. The molecule has 4 nitrogen and oxygen atoms in total. The fraction of sp³-hybridized carbons (Fsp3) is 0.524. The minimum Gasteiger partial charge on any atom is -0.460 e. The number of methoxy groups -OCH3 is 1. The van der Waals surface area contributed by atoms with E-state index in [1.807, 2.05) is 6.07 Å². The number of rotatable bonds is 9. The quantitative estimate of drug-likeness (QED) is 0.179. The predicted octanol–water partition coefficient (Wildman–Crippen LogP) is 5.34. The standard InChI is InChI=1S/C21H25F4NO3/c1-21(2,3)15(9-7-5-6-8-10-26)20(27)29-12-14-18(24)16(22)13(11-28-4)17(23)19(14)25/h7,9,15H,5-6,8,11-12H2,1-4H3. The van der Waals surface area contributed by atoms with E-state index in [1.54, 1.807) is 32.9 Å². The van der Waals surface area contributed by atoms with Crippen molar-refractivity contribution in [3.05, 3.63) is 46.5 Å². The molecular weight excluding hydrogens is 390 g/mol. The molecule has 0 aromatic heterocycles. The lowest BCUT2D eigenvalue weighted by Gasteiger charge is -2.26. The van der Waals surface area contributed by atoms with E-state index >= 15 is 0 Å². The number of ether oxygens (including phenoxy) is 2. The number of unbranched alkanes of at least 4 members (excludes halogenated alkanes) is 2. The van der Waals surface area contributed by atoms with Crippen LogP contribution in [0.4, 0.5) is 17.6 Å². The first kappa shape index (κ1) is 24.6. The molecule has 1 atom stereocenters. The van der Waals surface area contributed by atoms with Crippen LogP contribution >= 0.6 is 0 Å². The Bertz CT molecular complexity index is 766. The first-order valence-corrected chi connectivity index (χ1v) is 9.09. The number of halogens is 4. The maximum absolute atomic E-state index is 14.2. The molecule has 0 fully saturated rings. The molecule has 1 unspecified atom stereocenters. The van der Waals surface area contributed by atoms with E-state index in [2.05, 4.69) is 4.74 Å². The number of carbonyl (C=O) groups excluding carboxylic acids is 1. The van der Waals surface area contributed by atoms with Gasteiger partial charge in [0.2, 0.25) is 0 Å². The molecule has 0 saturated heterocycles. The average molecular weight is 415 g/mol. The average Bonchev–Trinajstić information content (AvgIpc) is 2.65. The third-order valence-corrected chi connectivity index (χ3v) is 4.27. The molecule has 0 N–H and O–H groups in total. The van der Waals surface area contributed by atoms with E-state index in [1.165, 1.54) is 0 Å². The Morgan fingerprint density at radius 2 is 1.59 bits per heavy atom. The summed E-state index contributed by atoms with van der Waals surface area (Å²) in [5.74, 6) is -7.94. The number of benzene rings is 1. The second-order valence-corrected chi connectivity index (χ2v) is 7.58. The zero-order chi connectivity index (χ0) is 22.2. The number of nitrogens with zero attached hydrogens (tertiary/aromatic N) is 1. The van der Waals surface area contributed by atoms with Crippen molar-refractivity contribution in [2.24, 2.45) is 11.3 Å². The summed E-state index contributed by atoms with van der Waals surface area (Å²) >= 11 is 0. The number of carbonyl (C=O) groups is 1. The summed E-state index contributed by atoms with van der Waals surface area (Å²) in [5.41, 5.74) is -2.44. The van der Waals surface area contributed by atoms with Gasteiger partial charge in [-0.25, -0.2) is 17.6 Å². The lowest BCUT2D eigenvalue weighted by molar-refractivity contribution is -0.151. The first-order valence-electron chi connectivity index (χ1n) is 9.09. The van der Waals surface area contributed by atoms with Crippen LogP contribution < -0.4 is 0 Å². The normalized spacial score (nSPS) is 12.8. The van der Waals surface area contributed by atoms with Crippen molar-refractivity contribution in [1.82, 2.24) is 0 Å². The topological polar surface area (TPSA) is 59.3 Å². The summed E-state index contributed by atoms with van der Waals surface area (Å²) in [5, 5.41) is 8.53. The highest BCUT2D eigenvalue weighted by Gasteiger charge is 2.32. The highest BCUT2D eigenvalue weighted by atomic mass is 19.2. The Kier molecular flexibility index (Phi) is 9.31. The molecule has 0 aliphatic rings. The molecular formula is C21H25F4NO3. The summed E-state index contributed by atoms with van der Waals surface area (Å²) in [6.07, 6.45) is 4.92. The number of allylic oxidation sites excluding steroid dienone is 1. The summed E-state index contributed by atoms with van der Waals surface area (Å²) in [6, 6.07) is 2.01. The first-order chi connectivity index (χ1) is 13.6. The molecule has 160 valence electrons. The van der Waals surface area contributed by atoms with Crippen molar-refractivity contribution in [2.45, 2.75) is 53.2 Å². The number of hydrogen-bond acceptors (Lipinski definition) is 4. The van der Waals surface area contributed by atoms with Crippen LogP contribution in [-0.4, -0.2) is 13.1 Å². The van der Waals surface area contributed by atoms with Crippen molar-refractivity contribution in [3.63, 3.8) is 0 Å². The third-order valence-electron chi connectivity index (χ3n) is 4.27. The molecule has 29 heavy (non-hydrogen) atoms.